The Morgan fingerprint density at radius 2 is 1.83 bits per heavy atom. The van der Waals surface area contributed by atoms with Crippen LogP contribution in [0.15, 0.2) is 53.4 Å². The number of para-hydroxylation sites is 1. The molecule has 2 aromatic carbocycles. The summed E-state index contributed by atoms with van der Waals surface area (Å²) in [6.07, 6.45) is 0. The van der Waals surface area contributed by atoms with Crippen LogP contribution in [-0.4, -0.2) is 4.98 Å². The normalized spacial score (nSPS) is 10.9. The van der Waals surface area contributed by atoms with Crippen molar-refractivity contribution in [3.63, 3.8) is 0 Å². The van der Waals surface area contributed by atoms with Crippen molar-refractivity contribution in [3.05, 3.63) is 59.4 Å². The van der Waals surface area contributed by atoms with Crippen LogP contribution in [-0.2, 0) is 5.75 Å². The van der Waals surface area contributed by atoms with E-state index < -0.39 is 0 Å². The monoisotopic (exact) mass is 275 g/mol. The first-order valence-electron chi connectivity index (χ1n) is 5.55. The smallest absolute Gasteiger partial charge is 0.136 e. The van der Waals surface area contributed by atoms with Crippen molar-refractivity contribution in [2.75, 3.05) is 0 Å². The molecule has 0 N–H and O–H groups in total. The standard InChI is InChI=1S/C14H10FNS2/c15-10-5-1-3-7-12(10)17-9-14-16-11-6-2-4-8-13(11)18-14/h1-8H,9H2. The summed E-state index contributed by atoms with van der Waals surface area (Å²) in [6.45, 7) is 0. The zero-order valence-corrected chi connectivity index (χ0v) is 11.1. The van der Waals surface area contributed by atoms with Crippen LogP contribution in [0.2, 0.25) is 0 Å². The second kappa shape index (κ2) is 5.08. The SMILES string of the molecule is Fc1ccccc1SCc1nc2ccccc2s1. The van der Waals surface area contributed by atoms with Gasteiger partial charge in [0.15, 0.2) is 0 Å². The van der Waals surface area contributed by atoms with Gasteiger partial charge in [0.25, 0.3) is 0 Å². The minimum Gasteiger partial charge on any atom is -0.240 e. The first kappa shape index (κ1) is 11.7. The minimum atomic E-state index is -0.163. The Balaban J connectivity index is 1.79. The highest BCUT2D eigenvalue weighted by atomic mass is 32.2. The highest BCUT2D eigenvalue weighted by Gasteiger charge is 2.06. The molecule has 0 unspecified atom stereocenters. The molecule has 0 fully saturated rings. The average molecular weight is 275 g/mol. The molecule has 0 spiro atoms. The first-order chi connectivity index (χ1) is 8.83. The molecule has 0 aliphatic rings. The van der Waals surface area contributed by atoms with E-state index in [0.29, 0.717) is 10.6 Å². The van der Waals surface area contributed by atoms with Crippen molar-refractivity contribution in [1.82, 2.24) is 4.98 Å². The third-order valence-corrected chi connectivity index (χ3v) is 4.80. The fourth-order valence-electron chi connectivity index (χ4n) is 1.68. The maximum Gasteiger partial charge on any atom is 0.136 e. The van der Waals surface area contributed by atoms with Gasteiger partial charge >= 0.3 is 0 Å². The van der Waals surface area contributed by atoms with Crippen LogP contribution in [0, 0.1) is 5.82 Å². The Morgan fingerprint density at radius 3 is 2.67 bits per heavy atom. The van der Waals surface area contributed by atoms with Crippen molar-refractivity contribution in [1.29, 1.82) is 0 Å². The van der Waals surface area contributed by atoms with E-state index in [-0.39, 0.29) is 5.82 Å². The second-order valence-electron chi connectivity index (χ2n) is 3.79. The molecule has 4 heteroatoms. The molecule has 1 heterocycles. The van der Waals surface area contributed by atoms with Gasteiger partial charge in [-0.15, -0.1) is 23.1 Å². The van der Waals surface area contributed by atoms with Crippen molar-refractivity contribution in [3.8, 4) is 0 Å². The average Bonchev–Trinajstić information content (AvgIpc) is 2.80. The molecule has 18 heavy (non-hydrogen) atoms. The minimum absolute atomic E-state index is 0.163. The molecule has 0 aliphatic heterocycles. The van der Waals surface area contributed by atoms with Crippen LogP contribution in [0.4, 0.5) is 4.39 Å². The number of halogens is 1. The van der Waals surface area contributed by atoms with Crippen LogP contribution in [0.25, 0.3) is 10.2 Å². The first-order valence-corrected chi connectivity index (χ1v) is 7.35. The predicted octanol–water partition coefficient (Wildman–Crippen LogP) is 4.73. The molecule has 0 radical (unpaired) electrons. The van der Waals surface area contributed by atoms with E-state index >= 15 is 0 Å². The van der Waals surface area contributed by atoms with Gasteiger partial charge in [-0.3, -0.25) is 0 Å². The van der Waals surface area contributed by atoms with Crippen LogP contribution < -0.4 is 0 Å². The van der Waals surface area contributed by atoms with E-state index in [1.54, 1.807) is 23.5 Å². The molecule has 0 saturated heterocycles. The third-order valence-electron chi connectivity index (χ3n) is 2.53. The van der Waals surface area contributed by atoms with E-state index in [4.69, 9.17) is 0 Å². The van der Waals surface area contributed by atoms with Gasteiger partial charge in [0.2, 0.25) is 0 Å². The maximum absolute atomic E-state index is 13.5. The van der Waals surface area contributed by atoms with E-state index in [1.165, 1.54) is 22.5 Å². The summed E-state index contributed by atoms with van der Waals surface area (Å²) >= 11 is 3.16. The Bertz CT molecular complexity index is 645. The van der Waals surface area contributed by atoms with Gasteiger partial charge in [0.1, 0.15) is 10.8 Å². The molecule has 1 aromatic heterocycles. The number of benzene rings is 2. The summed E-state index contributed by atoms with van der Waals surface area (Å²) in [7, 11) is 0. The van der Waals surface area contributed by atoms with Crippen LogP contribution >= 0.6 is 23.1 Å². The van der Waals surface area contributed by atoms with Crippen LogP contribution in [0.5, 0.6) is 0 Å². The van der Waals surface area contributed by atoms with Crippen molar-refractivity contribution < 1.29 is 4.39 Å². The van der Waals surface area contributed by atoms with Gasteiger partial charge in [-0.2, -0.15) is 0 Å². The lowest BCUT2D eigenvalue weighted by Gasteiger charge is -1.99. The Hall–Kier alpha value is -1.39. The molecule has 0 aliphatic carbocycles. The summed E-state index contributed by atoms with van der Waals surface area (Å²) < 4.78 is 14.6. The molecular weight excluding hydrogens is 265 g/mol. The Labute approximate surface area is 113 Å². The number of hydrogen-bond donors (Lipinski definition) is 0. The highest BCUT2D eigenvalue weighted by Crippen LogP contribution is 2.29. The lowest BCUT2D eigenvalue weighted by Crippen LogP contribution is -1.82. The fraction of sp³-hybridized carbons (Fsp3) is 0.0714. The van der Waals surface area contributed by atoms with E-state index in [0.717, 1.165) is 10.5 Å². The summed E-state index contributed by atoms with van der Waals surface area (Å²) in [5, 5.41) is 1.03. The number of nitrogens with zero attached hydrogens (tertiary/aromatic N) is 1. The largest absolute Gasteiger partial charge is 0.240 e. The summed E-state index contributed by atoms with van der Waals surface area (Å²) in [5.74, 6) is 0.545. The molecule has 1 nitrogen and oxygen atoms in total. The van der Waals surface area contributed by atoms with E-state index in [2.05, 4.69) is 11.1 Å². The van der Waals surface area contributed by atoms with Gasteiger partial charge in [-0.25, -0.2) is 9.37 Å². The summed E-state index contributed by atoms with van der Waals surface area (Å²) in [4.78, 5) is 5.21. The molecule has 3 aromatic rings. The summed E-state index contributed by atoms with van der Waals surface area (Å²) in [6, 6.07) is 14.9. The number of thiazole rings is 1. The van der Waals surface area contributed by atoms with Crippen molar-refractivity contribution >= 4 is 33.3 Å². The number of rotatable bonds is 3. The molecule has 0 atom stereocenters. The molecular formula is C14H10FNS2. The number of aromatic nitrogens is 1. The zero-order valence-electron chi connectivity index (χ0n) is 9.47. The van der Waals surface area contributed by atoms with E-state index in [9.17, 15) is 4.39 Å². The van der Waals surface area contributed by atoms with Crippen molar-refractivity contribution in [2.45, 2.75) is 10.6 Å². The lowest BCUT2D eigenvalue weighted by molar-refractivity contribution is 0.602. The predicted molar refractivity (Wildman–Crippen MR) is 75.6 cm³/mol. The van der Waals surface area contributed by atoms with Crippen LogP contribution in [0.1, 0.15) is 5.01 Å². The van der Waals surface area contributed by atoms with Gasteiger partial charge in [0.05, 0.1) is 16.0 Å². The highest BCUT2D eigenvalue weighted by molar-refractivity contribution is 7.98. The van der Waals surface area contributed by atoms with E-state index in [1.807, 2.05) is 24.3 Å². The third kappa shape index (κ3) is 2.40. The molecule has 0 amide bonds. The van der Waals surface area contributed by atoms with Gasteiger partial charge in [0, 0.05) is 4.90 Å². The number of hydrogen-bond acceptors (Lipinski definition) is 3. The number of thioether (sulfide) groups is 1. The van der Waals surface area contributed by atoms with Gasteiger partial charge in [-0.05, 0) is 24.3 Å². The molecule has 3 rings (SSSR count). The van der Waals surface area contributed by atoms with Gasteiger partial charge < -0.3 is 0 Å². The zero-order chi connectivity index (χ0) is 12.4. The fourth-order valence-corrected chi connectivity index (χ4v) is 3.58. The van der Waals surface area contributed by atoms with Gasteiger partial charge in [-0.1, -0.05) is 24.3 Å². The molecule has 0 bridgehead atoms. The Morgan fingerprint density at radius 1 is 1.06 bits per heavy atom. The Kier molecular flexibility index (Phi) is 3.30. The lowest BCUT2D eigenvalue weighted by atomic mass is 10.3. The maximum atomic E-state index is 13.5. The number of fused-ring (bicyclic) bond motifs is 1. The van der Waals surface area contributed by atoms with Crippen LogP contribution in [0.3, 0.4) is 0 Å². The second-order valence-corrected chi connectivity index (χ2v) is 5.93. The molecule has 0 saturated carbocycles. The van der Waals surface area contributed by atoms with Crippen molar-refractivity contribution in [2.24, 2.45) is 0 Å². The topological polar surface area (TPSA) is 12.9 Å². The quantitative estimate of drug-likeness (QED) is 0.641. The summed E-state index contributed by atoms with van der Waals surface area (Å²) in [5.41, 5.74) is 1.02. The molecule has 90 valence electrons.